The third kappa shape index (κ3) is 3.31. The van der Waals surface area contributed by atoms with E-state index in [9.17, 15) is 4.79 Å². The Morgan fingerprint density at radius 1 is 1.38 bits per heavy atom. The minimum Gasteiger partial charge on any atom is -0.392 e. The fourth-order valence-corrected chi connectivity index (χ4v) is 1.60. The Bertz CT molecular complexity index is 387. The van der Waals surface area contributed by atoms with Crippen molar-refractivity contribution in [2.45, 2.75) is 13.3 Å². The van der Waals surface area contributed by atoms with Crippen LogP contribution in [0.25, 0.3) is 0 Å². The third-order valence-electron chi connectivity index (χ3n) is 2.35. The van der Waals surface area contributed by atoms with E-state index in [4.69, 9.17) is 18.0 Å². The number of rotatable bonds is 4. The molecule has 0 fully saturated rings. The standard InChI is InChI=1S/C12H16N2OS/c1-3-9-4-6-10(7-5-9)12(15)14(2)8-11(13)16/h4-7H,3,8H2,1-2H3,(H2,13,16). The molecule has 0 unspecified atom stereocenters. The molecule has 1 rings (SSSR count). The summed E-state index contributed by atoms with van der Waals surface area (Å²) in [4.78, 5) is 13.7. The minimum atomic E-state index is -0.0598. The lowest BCUT2D eigenvalue weighted by molar-refractivity contribution is 0.0815. The highest BCUT2D eigenvalue weighted by Gasteiger charge is 2.11. The van der Waals surface area contributed by atoms with Crippen LogP contribution in [0.2, 0.25) is 0 Å². The van der Waals surface area contributed by atoms with Crippen LogP contribution in [0.5, 0.6) is 0 Å². The number of aryl methyl sites for hydroxylation is 1. The zero-order valence-corrected chi connectivity index (χ0v) is 10.4. The fourth-order valence-electron chi connectivity index (χ4n) is 1.41. The summed E-state index contributed by atoms with van der Waals surface area (Å²) in [5, 5.41) is 0. The number of carbonyl (C=O) groups excluding carboxylic acids is 1. The van der Waals surface area contributed by atoms with Gasteiger partial charge in [-0.15, -0.1) is 0 Å². The van der Waals surface area contributed by atoms with Crippen LogP contribution in [0.3, 0.4) is 0 Å². The highest BCUT2D eigenvalue weighted by molar-refractivity contribution is 7.80. The van der Waals surface area contributed by atoms with Gasteiger partial charge >= 0.3 is 0 Å². The Hall–Kier alpha value is -1.42. The smallest absolute Gasteiger partial charge is 0.253 e. The number of benzene rings is 1. The van der Waals surface area contributed by atoms with Crippen molar-refractivity contribution in [2.24, 2.45) is 5.73 Å². The maximum Gasteiger partial charge on any atom is 0.253 e. The first-order valence-corrected chi connectivity index (χ1v) is 5.58. The monoisotopic (exact) mass is 236 g/mol. The number of hydrogen-bond acceptors (Lipinski definition) is 2. The maximum atomic E-state index is 11.9. The fraction of sp³-hybridized carbons (Fsp3) is 0.333. The Morgan fingerprint density at radius 2 is 1.94 bits per heavy atom. The first kappa shape index (κ1) is 12.6. The van der Waals surface area contributed by atoms with E-state index in [0.717, 1.165) is 6.42 Å². The zero-order valence-electron chi connectivity index (χ0n) is 9.56. The Labute approximate surface area is 101 Å². The molecule has 3 nitrogen and oxygen atoms in total. The van der Waals surface area contributed by atoms with Crippen molar-refractivity contribution in [1.82, 2.24) is 4.90 Å². The number of amides is 1. The van der Waals surface area contributed by atoms with E-state index in [1.165, 1.54) is 10.5 Å². The lowest BCUT2D eigenvalue weighted by Crippen LogP contribution is -2.34. The zero-order chi connectivity index (χ0) is 12.1. The van der Waals surface area contributed by atoms with Gasteiger partial charge in [-0.3, -0.25) is 4.79 Å². The first-order valence-electron chi connectivity index (χ1n) is 5.17. The average molecular weight is 236 g/mol. The molecule has 2 N–H and O–H groups in total. The highest BCUT2D eigenvalue weighted by atomic mass is 32.1. The largest absolute Gasteiger partial charge is 0.392 e. The summed E-state index contributed by atoms with van der Waals surface area (Å²) in [6.45, 7) is 2.39. The molecule has 0 bridgehead atoms. The van der Waals surface area contributed by atoms with Crippen molar-refractivity contribution in [3.8, 4) is 0 Å². The van der Waals surface area contributed by atoms with Gasteiger partial charge in [0.05, 0.1) is 11.5 Å². The molecule has 0 aromatic heterocycles. The Kier molecular flexibility index (Phi) is 4.43. The van der Waals surface area contributed by atoms with Crippen LogP contribution in [0, 0.1) is 0 Å². The van der Waals surface area contributed by atoms with Crippen LogP contribution < -0.4 is 5.73 Å². The van der Waals surface area contributed by atoms with E-state index < -0.39 is 0 Å². The van der Waals surface area contributed by atoms with E-state index >= 15 is 0 Å². The lowest BCUT2D eigenvalue weighted by Gasteiger charge is -2.16. The average Bonchev–Trinajstić information content (AvgIpc) is 2.27. The molecule has 4 heteroatoms. The van der Waals surface area contributed by atoms with E-state index in [-0.39, 0.29) is 5.91 Å². The molecular weight excluding hydrogens is 220 g/mol. The Balaban J connectivity index is 2.75. The van der Waals surface area contributed by atoms with E-state index in [1.54, 1.807) is 7.05 Å². The van der Waals surface area contributed by atoms with Crippen LogP contribution in [-0.2, 0) is 6.42 Å². The van der Waals surface area contributed by atoms with E-state index in [1.807, 2.05) is 24.3 Å². The van der Waals surface area contributed by atoms with Crippen molar-refractivity contribution in [3.05, 3.63) is 35.4 Å². The number of nitrogens with two attached hydrogens (primary N) is 1. The summed E-state index contributed by atoms with van der Waals surface area (Å²) in [5.41, 5.74) is 7.27. The van der Waals surface area contributed by atoms with Gasteiger partial charge in [-0.1, -0.05) is 31.3 Å². The maximum absolute atomic E-state index is 11.9. The van der Waals surface area contributed by atoms with Gasteiger partial charge in [-0.05, 0) is 24.1 Å². The third-order valence-corrected chi connectivity index (χ3v) is 2.48. The van der Waals surface area contributed by atoms with E-state index in [2.05, 4.69) is 6.92 Å². The summed E-state index contributed by atoms with van der Waals surface area (Å²) in [5.74, 6) is -0.0598. The molecule has 86 valence electrons. The number of nitrogens with zero attached hydrogens (tertiary/aromatic N) is 1. The van der Waals surface area contributed by atoms with Gasteiger partial charge in [-0.2, -0.15) is 0 Å². The van der Waals surface area contributed by atoms with E-state index in [0.29, 0.717) is 17.1 Å². The number of thiocarbonyl (C=S) groups is 1. The lowest BCUT2D eigenvalue weighted by atomic mass is 10.1. The number of likely N-dealkylation sites (N-methyl/N-ethyl adjacent to an activating group) is 1. The molecule has 0 atom stereocenters. The second kappa shape index (κ2) is 5.61. The van der Waals surface area contributed by atoms with Crippen molar-refractivity contribution in [3.63, 3.8) is 0 Å². The summed E-state index contributed by atoms with van der Waals surface area (Å²) in [7, 11) is 1.69. The highest BCUT2D eigenvalue weighted by Crippen LogP contribution is 2.07. The summed E-state index contributed by atoms with van der Waals surface area (Å²) >= 11 is 4.76. The molecule has 0 aliphatic heterocycles. The SMILES string of the molecule is CCc1ccc(C(=O)N(C)CC(N)=S)cc1. The van der Waals surface area contributed by atoms with Gasteiger partial charge < -0.3 is 10.6 Å². The van der Waals surface area contributed by atoms with Gasteiger partial charge in [0.2, 0.25) is 0 Å². The van der Waals surface area contributed by atoms with Crippen molar-refractivity contribution < 1.29 is 4.79 Å². The summed E-state index contributed by atoms with van der Waals surface area (Å²) < 4.78 is 0. The molecule has 1 aromatic rings. The van der Waals surface area contributed by atoms with Crippen LogP contribution in [0.4, 0.5) is 0 Å². The quantitative estimate of drug-likeness (QED) is 0.808. The first-order chi connectivity index (χ1) is 7.54. The number of carbonyl (C=O) groups is 1. The second-order valence-corrected chi connectivity index (χ2v) is 4.20. The van der Waals surface area contributed by atoms with Gasteiger partial charge in [0.15, 0.2) is 0 Å². The summed E-state index contributed by atoms with van der Waals surface area (Å²) in [6.07, 6.45) is 0.969. The molecule has 0 aliphatic rings. The minimum absolute atomic E-state index is 0.0598. The molecule has 1 aromatic carbocycles. The second-order valence-electron chi connectivity index (χ2n) is 3.68. The van der Waals surface area contributed by atoms with Gasteiger partial charge in [0.1, 0.15) is 0 Å². The molecule has 0 saturated heterocycles. The topological polar surface area (TPSA) is 46.3 Å². The predicted octanol–water partition coefficient (Wildman–Crippen LogP) is 1.61. The van der Waals surface area contributed by atoms with Gasteiger partial charge in [-0.25, -0.2) is 0 Å². The van der Waals surface area contributed by atoms with Gasteiger partial charge in [0, 0.05) is 12.6 Å². The van der Waals surface area contributed by atoms with Crippen molar-refractivity contribution in [1.29, 1.82) is 0 Å². The van der Waals surface area contributed by atoms with Crippen LogP contribution in [0.1, 0.15) is 22.8 Å². The molecule has 0 radical (unpaired) electrons. The van der Waals surface area contributed by atoms with Crippen molar-refractivity contribution >= 4 is 23.1 Å². The molecule has 0 heterocycles. The predicted molar refractivity (Wildman–Crippen MR) is 69.6 cm³/mol. The molecular formula is C12H16N2OS. The van der Waals surface area contributed by atoms with Crippen molar-refractivity contribution in [2.75, 3.05) is 13.6 Å². The molecule has 0 aliphatic carbocycles. The normalized spacial score (nSPS) is 9.88. The summed E-state index contributed by atoms with van der Waals surface area (Å²) in [6, 6.07) is 7.58. The van der Waals surface area contributed by atoms with Crippen LogP contribution in [0.15, 0.2) is 24.3 Å². The van der Waals surface area contributed by atoms with Crippen LogP contribution >= 0.6 is 12.2 Å². The van der Waals surface area contributed by atoms with Crippen LogP contribution in [-0.4, -0.2) is 29.4 Å². The Morgan fingerprint density at radius 3 is 2.38 bits per heavy atom. The molecule has 1 amide bonds. The van der Waals surface area contributed by atoms with Gasteiger partial charge in [0.25, 0.3) is 5.91 Å². The molecule has 0 saturated carbocycles. The molecule has 16 heavy (non-hydrogen) atoms. The number of hydrogen-bond donors (Lipinski definition) is 1. The molecule has 0 spiro atoms.